The Labute approximate surface area is 127 Å². The number of amides is 2. The Morgan fingerprint density at radius 3 is 2.33 bits per heavy atom. The number of carbonyl (C=O) groups is 2. The number of nitrogens with one attached hydrogen (secondary N) is 1. The highest BCUT2D eigenvalue weighted by Crippen LogP contribution is 2.19. The quantitative estimate of drug-likeness (QED) is 0.719. The van der Waals surface area contributed by atoms with Crippen LogP contribution in [0.4, 0.5) is 0 Å². The molecule has 2 amide bonds. The lowest BCUT2D eigenvalue weighted by Crippen LogP contribution is -2.55. The van der Waals surface area contributed by atoms with Crippen molar-refractivity contribution in [3.63, 3.8) is 0 Å². The minimum Gasteiger partial charge on any atom is -0.352 e. The first kappa shape index (κ1) is 16.2. The summed E-state index contributed by atoms with van der Waals surface area (Å²) < 4.78 is 0. The Morgan fingerprint density at radius 1 is 1.19 bits per heavy atom. The van der Waals surface area contributed by atoms with Crippen molar-refractivity contribution in [3.05, 3.63) is 0 Å². The van der Waals surface area contributed by atoms with Gasteiger partial charge in [0, 0.05) is 44.7 Å². The molecule has 1 saturated heterocycles. The molecule has 2 rings (SSSR count). The van der Waals surface area contributed by atoms with Gasteiger partial charge >= 0.3 is 0 Å². The third kappa shape index (κ3) is 4.97. The standard InChI is InChI=1S/C15H28N4O2/c1-11(16)3-6-14(20)19-9-7-18(8-10-19)12(2)15(21)17-13-4-5-13/h11-13H,3-10,16H2,1-2H3,(H,17,21). The van der Waals surface area contributed by atoms with E-state index in [1.165, 1.54) is 0 Å². The monoisotopic (exact) mass is 296 g/mol. The zero-order chi connectivity index (χ0) is 15.4. The van der Waals surface area contributed by atoms with Crippen LogP contribution in [0.15, 0.2) is 0 Å². The van der Waals surface area contributed by atoms with Gasteiger partial charge in [0.05, 0.1) is 6.04 Å². The Kier molecular flexibility index (Phi) is 5.58. The van der Waals surface area contributed by atoms with Crippen LogP contribution in [0.5, 0.6) is 0 Å². The van der Waals surface area contributed by atoms with Crippen molar-refractivity contribution in [3.8, 4) is 0 Å². The fraction of sp³-hybridized carbons (Fsp3) is 0.867. The lowest BCUT2D eigenvalue weighted by Gasteiger charge is -2.37. The van der Waals surface area contributed by atoms with E-state index in [0.29, 0.717) is 25.6 Å². The maximum Gasteiger partial charge on any atom is 0.237 e. The van der Waals surface area contributed by atoms with E-state index in [1.807, 2.05) is 18.7 Å². The van der Waals surface area contributed by atoms with Crippen LogP contribution in [0.1, 0.15) is 39.5 Å². The maximum atomic E-state index is 12.0. The van der Waals surface area contributed by atoms with Crippen molar-refractivity contribution >= 4 is 11.8 Å². The second kappa shape index (κ2) is 7.22. The Bertz CT molecular complexity index is 374. The van der Waals surface area contributed by atoms with Gasteiger partial charge in [-0.15, -0.1) is 0 Å². The topological polar surface area (TPSA) is 78.7 Å². The highest BCUT2D eigenvalue weighted by atomic mass is 16.2. The first-order valence-corrected chi connectivity index (χ1v) is 8.05. The molecule has 1 saturated carbocycles. The third-order valence-electron chi connectivity index (χ3n) is 4.33. The molecule has 2 atom stereocenters. The second-order valence-corrected chi connectivity index (χ2v) is 6.39. The summed E-state index contributed by atoms with van der Waals surface area (Å²) in [6.07, 6.45) is 3.48. The van der Waals surface area contributed by atoms with Crippen LogP contribution >= 0.6 is 0 Å². The van der Waals surface area contributed by atoms with Crippen molar-refractivity contribution in [2.75, 3.05) is 26.2 Å². The summed E-state index contributed by atoms with van der Waals surface area (Å²) in [7, 11) is 0. The molecular weight excluding hydrogens is 268 g/mol. The van der Waals surface area contributed by atoms with Crippen molar-refractivity contribution < 1.29 is 9.59 Å². The van der Waals surface area contributed by atoms with E-state index in [1.54, 1.807) is 0 Å². The van der Waals surface area contributed by atoms with E-state index in [9.17, 15) is 9.59 Å². The van der Waals surface area contributed by atoms with Crippen molar-refractivity contribution in [1.29, 1.82) is 0 Å². The largest absolute Gasteiger partial charge is 0.352 e. The van der Waals surface area contributed by atoms with Crippen LogP contribution in [0, 0.1) is 0 Å². The Balaban J connectivity index is 1.71. The third-order valence-corrected chi connectivity index (χ3v) is 4.33. The summed E-state index contributed by atoms with van der Waals surface area (Å²) in [6, 6.07) is 0.370. The van der Waals surface area contributed by atoms with Gasteiger partial charge in [-0.2, -0.15) is 0 Å². The van der Waals surface area contributed by atoms with Gasteiger partial charge in [0.25, 0.3) is 0 Å². The van der Waals surface area contributed by atoms with Crippen LogP contribution in [0.3, 0.4) is 0 Å². The molecule has 2 aliphatic rings. The number of piperazine rings is 1. The van der Waals surface area contributed by atoms with E-state index < -0.39 is 0 Å². The Morgan fingerprint density at radius 2 is 1.81 bits per heavy atom. The van der Waals surface area contributed by atoms with Gasteiger partial charge in [-0.1, -0.05) is 0 Å². The van der Waals surface area contributed by atoms with Gasteiger partial charge in [0.1, 0.15) is 0 Å². The minimum atomic E-state index is -0.105. The average molecular weight is 296 g/mol. The van der Waals surface area contributed by atoms with Crippen LogP contribution in [-0.2, 0) is 9.59 Å². The molecule has 0 bridgehead atoms. The molecule has 0 aromatic carbocycles. The fourth-order valence-electron chi connectivity index (χ4n) is 2.58. The molecule has 3 N–H and O–H groups in total. The Hall–Kier alpha value is -1.14. The molecule has 120 valence electrons. The summed E-state index contributed by atoms with van der Waals surface area (Å²) >= 11 is 0. The van der Waals surface area contributed by atoms with Gasteiger partial charge in [0.2, 0.25) is 11.8 Å². The molecule has 1 aliphatic heterocycles. The molecule has 0 aromatic rings. The zero-order valence-corrected chi connectivity index (χ0v) is 13.2. The molecule has 2 unspecified atom stereocenters. The molecule has 1 heterocycles. The van der Waals surface area contributed by atoms with Crippen molar-refractivity contribution in [2.24, 2.45) is 5.73 Å². The van der Waals surface area contributed by atoms with E-state index >= 15 is 0 Å². The predicted octanol–water partition coefficient (Wildman–Crippen LogP) is -0.0749. The number of rotatable bonds is 6. The summed E-state index contributed by atoms with van der Waals surface area (Å²) in [4.78, 5) is 28.1. The van der Waals surface area contributed by atoms with Crippen LogP contribution in [0.2, 0.25) is 0 Å². The van der Waals surface area contributed by atoms with E-state index in [0.717, 1.165) is 32.4 Å². The van der Waals surface area contributed by atoms with Gasteiger partial charge in [0.15, 0.2) is 0 Å². The molecule has 0 spiro atoms. The summed E-state index contributed by atoms with van der Waals surface area (Å²) in [5.74, 6) is 0.302. The van der Waals surface area contributed by atoms with Gasteiger partial charge < -0.3 is 16.0 Å². The summed E-state index contributed by atoms with van der Waals surface area (Å²) in [5, 5.41) is 3.04. The minimum absolute atomic E-state index is 0.0707. The highest BCUT2D eigenvalue weighted by molar-refractivity contribution is 5.82. The van der Waals surface area contributed by atoms with Crippen molar-refractivity contribution in [1.82, 2.24) is 15.1 Å². The number of nitrogens with two attached hydrogens (primary N) is 1. The number of nitrogens with zero attached hydrogens (tertiary/aromatic N) is 2. The number of hydrogen-bond acceptors (Lipinski definition) is 4. The SMILES string of the molecule is CC(N)CCC(=O)N1CCN(C(C)C(=O)NC2CC2)CC1. The first-order chi connectivity index (χ1) is 9.97. The molecule has 6 heteroatoms. The van der Waals surface area contributed by atoms with Crippen molar-refractivity contribution in [2.45, 2.75) is 57.7 Å². The number of carbonyl (C=O) groups excluding carboxylic acids is 2. The van der Waals surface area contributed by atoms with Crippen LogP contribution in [-0.4, -0.2) is 65.9 Å². The fourth-order valence-corrected chi connectivity index (χ4v) is 2.58. The molecule has 0 radical (unpaired) electrons. The van der Waals surface area contributed by atoms with E-state index in [2.05, 4.69) is 10.2 Å². The smallest absolute Gasteiger partial charge is 0.237 e. The molecular formula is C15H28N4O2. The lowest BCUT2D eigenvalue weighted by atomic mass is 10.1. The normalized spacial score (nSPS) is 22.7. The van der Waals surface area contributed by atoms with Crippen LogP contribution < -0.4 is 11.1 Å². The lowest BCUT2D eigenvalue weighted by molar-refractivity contribution is -0.134. The molecule has 6 nitrogen and oxygen atoms in total. The molecule has 21 heavy (non-hydrogen) atoms. The first-order valence-electron chi connectivity index (χ1n) is 8.05. The molecule has 0 aromatic heterocycles. The summed E-state index contributed by atoms with van der Waals surface area (Å²) in [5.41, 5.74) is 5.69. The highest BCUT2D eigenvalue weighted by Gasteiger charge is 2.30. The molecule has 2 fully saturated rings. The summed E-state index contributed by atoms with van der Waals surface area (Å²) in [6.45, 7) is 6.82. The second-order valence-electron chi connectivity index (χ2n) is 6.39. The van der Waals surface area contributed by atoms with E-state index in [-0.39, 0.29) is 23.9 Å². The zero-order valence-electron chi connectivity index (χ0n) is 13.2. The maximum absolute atomic E-state index is 12.0. The predicted molar refractivity (Wildman–Crippen MR) is 81.7 cm³/mol. The van der Waals surface area contributed by atoms with Gasteiger partial charge in [-0.25, -0.2) is 0 Å². The van der Waals surface area contributed by atoms with Gasteiger partial charge in [-0.05, 0) is 33.1 Å². The van der Waals surface area contributed by atoms with Crippen LogP contribution in [0.25, 0.3) is 0 Å². The average Bonchev–Trinajstić information content (AvgIpc) is 3.28. The van der Waals surface area contributed by atoms with Gasteiger partial charge in [-0.3, -0.25) is 14.5 Å². The van der Waals surface area contributed by atoms with E-state index in [4.69, 9.17) is 5.73 Å². The number of hydrogen-bond donors (Lipinski definition) is 2. The molecule has 1 aliphatic carbocycles.